The van der Waals surface area contributed by atoms with Crippen LogP contribution in [0.1, 0.15) is 18.9 Å². The van der Waals surface area contributed by atoms with Gasteiger partial charge in [-0.15, -0.1) is 0 Å². The minimum absolute atomic E-state index is 0.0358. The maximum absolute atomic E-state index is 12.4. The lowest BCUT2D eigenvalue weighted by molar-refractivity contribution is -0.384. The molecule has 0 atom stereocenters. The van der Waals surface area contributed by atoms with E-state index < -0.39 is 14.9 Å². The summed E-state index contributed by atoms with van der Waals surface area (Å²) in [4.78, 5) is 10.6. The van der Waals surface area contributed by atoms with Crippen molar-refractivity contribution < 1.29 is 18.1 Å². The van der Waals surface area contributed by atoms with Crippen molar-refractivity contribution in [3.63, 3.8) is 0 Å². The van der Waals surface area contributed by atoms with E-state index in [4.69, 9.17) is 4.74 Å². The molecule has 2 rings (SSSR count). The summed E-state index contributed by atoms with van der Waals surface area (Å²) < 4.78 is 32.4. The van der Waals surface area contributed by atoms with E-state index in [2.05, 4.69) is 4.72 Å². The van der Waals surface area contributed by atoms with E-state index in [-0.39, 0.29) is 16.3 Å². The third-order valence-corrected chi connectivity index (χ3v) is 4.60. The fourth-order valence-corrected chi connectivity index (χ4v) is 3.05. The Morgan fingerprint density at radius 3 is 2.42 bits per heavy atom. The molecule has 0 amide bonds. The van der Waals surface area contributed by atoms with Crippen molar-refractivity contribution in [2.24, 2.45) is 0 Å². The molecule has 2 aromatic carbocycles. The second kappa shape index (κ2) is 7.31. The van der Waals surface area contributed by atoms with E-state index in [1.54, 1.807) is 12.1 Å². The van der Waals surface area contributed by atoms with Gasteiger partial charge in [0.1, 0.15) is 11.4 Å². The largest absolute Gasteiger partial charge is 0.493 e. The van der Waals surface area contributed by atoms with Crippen LogP contribution < -0.4 is 9.46 Å². The first-order valence-electron chi connectivity index (χ1n) is 7.34. The fraction of sp³-hybridized carbons (Fsp3) is 0.250. The summed E-state index contributed by atoms with van der Waals surface area (Å²) in [7, 11) is -3.91. The van der Waals surface area contributed by atoms with E-state index in [0.29, 0.717) is 12.4 Å². The molecule has 0 radical (unpaired) electrons. The van der Waals surface area contributed by atoms with Crippen molar-refractivity contribution in [3.8, 4) is 5.75 Å². The molecule has 1 N–H and O–H groups in total. The number of nitro groups is 1. The van der Waals surface area contributed by atoms with E-state index in [9.17, 15) is 18.5 Å². The summed E-state index contributed by atoms with van der Waals surface area (Å²) in [5, 5.41) is 11.2. The number of aryl methyl sites for hydroxylation is 1. The number of nitrogens with zero attached hydrogens (tertiary/aromatic N) is 1. The summed E-state index contributed by atoms with van der Waals surface area (Å²) in [5.41, 5.74) is 0.445. The number of nitrogens with one attached hydrogen (secondary N) is 1. The van der Waals surface area contributed by atoms with Crippen molar-refractivity contribution >= 4 is 21.4 Å². The van der Waals surface area contributed by atoms with Gasteiger partial charge < -0.3 is 4.74 Å². The van der Waals surface area contributed by atoms with Gasteiger partial charge in [-0.05, 0) is 37.6 Å². The van der Waals surface area contributed by atoms with Crippen LogP contribution in [0, 0.1) is 17.0 Å². The number of hydrogen-bond acceptors (Lipinski definition) is 5. The van der Waals surface area contributed by atoms with Crippen LogP contribution in [0.3, 0.4) is 0 Å². The lowest BCUT2D eigenvalue weighted by atomic mass is 10.2. The van der Waals surface area contributed by atoms with Crippen LogP contribution in [0.15, 0.2) is 47.4 Å². The highest BCUT2D eigenvalue weighted by Gasteiger charge is 2.21. The molecule has 0 heterocycles. The standard InChI is InChI=1S/C16H18N2O5S/c1-3-10-23-13-6-9-15(16(11-13)18(19)20)17-24(21,22)14-7-4-12(2)5-8-14/h4-9,11,17H,3,10H2,1-2H3. The average molecular weight is 350 g/mol. The Labute approximate surface area is 140 Å². The fourth-order valence-electron chi connectivity index (χ4n) is 1.98. The Hall–Kier alpha value is -2.61. The Balaban J connectivity index is 2.34. The first kappa shape index (κ1) is 17.7. The molecule has 0 unspecified atom stereocenters. The van der Waals surface area contributed by atoms with Crippen LogP contribution in [0.25, 0.3) is 0 Å². The first-order valence-corrected chi connectivity index (χ1v) is 8.82. The summed E-state index contributed by atoms with van der Waals surface area (Å²) in [5.74, 6) is 0.321. The van der Waals surface area contributed by atoms with Crippen molar-refractivity contribution in [3.05, 3.63) is 58.1 Å². The molecule has 0 aliphatic rings. The number of nitro benzene ring substituents is 1. The van der Waals surface area contributed by atoms with Crippen LogP contribution in [-0.4, -0.2) is 19.9 Å². The van der Waals surface area contributed by atoms with Gasteiger partial charge in [0.15, 0.2) is 0 Å². The Morgan fingerprint density at radius 1 is 1.17 bits per heavy atom. The quantitative estimate of drug-likeness (QED) is 0.609. The Kier molecular flexibility index (Phi) is 5.40. The number of hydrogen-bond donors (Lipinski definition) is 1. The van der Waals surface area contributed by atoms with Gasteiger partial charge in [0.05, 0.1) is 22.5 Å². The molecule has 0 saturated carbocycles. The minimum Gasteiger partial charge on any atom is -0.493 e. The molecule has 7 nitrogen and oxygen atoms in total. The molecule has 8 heteroatoms. The predicted octanol–water partition coefficient (Wildman–Crippen LogP) is 3.49. The monoisotopic (exact) mass is 350 g/mol. The summed E-state index contributed by atoms with van der Waals surface area (Å²) in [6.07, 6.45) is 0.760. The van der Waals surface area contributed by atoms with Crippen molar-refractivity contribution in [2.45, 2.75) is 25.2 Å². The summed E-state index contributed by atoms with van der Waals surface area (Å²) >= 11 is 0. The zero-order valence-corrected chi connectivity index (χ0v) is 14.2. The summed E-state index contributed by atoms with van der Waals surface area (Å²) in [6.45, 7) is 4.17. The van der Waals surface area contributed by atoms with Crippen molar-refractivity contribution in [2.75, 3.05) is 11.3 Å². The highest BCUT2D eigenvalue weighted by atomic mass is 32.2. The van der Waals surface area contributed by atoms with Crippen LogP contribution in [0.4, 0.5) is 11.4 Å². The first-order chi connectivity index (χ1) is 11.3. The number of sulfonamides is 1. The third kappa shape index (κ3) is 4.23. The Morgan fingerprint density at radius 2 is 1.83 bits per heavy atom. The zero-order chi connectivity index (χ0) is 17.7. The zero-order valence-electron chi connectivity index (χ0n) is 13.4. The molecule has 0 saturated heterocycles. The lowest BCUT2D eigenvalue weighted by Gasteiger charge is -2.10. The molecule has 0 bridgehead atoms. The van der Waals surface area contributed by atoms with Gasteiger partial charge in [-0.25, -0.2) is 8.42 Å². The lowest BCUT2D eigenvalue weighted by Crippen LogP contribution is -2.14. The smallest absolute Gasteiger partial charge is 0.297 e. The maximum Gasteiger partial charge on any atom is 0.297 e. The predicted molar refractivity (Wildman–Crippen MR) is 90.9 cm³/mol. The molecule has 0 fully saturated rings. The molecule has 24 heavy (non-hydrogen) atoms. The summed E-state index contributed by atoms with van der Waals surface area (Å²) in [6, 6.07) is 10.2. The molecular formula is C16H18N2O5S. The molecule has 2 aromatic rings. The number of anilines is 1. The van der Waals surface area contributed by atoms with E-state index in [1.807, 2.05) is 13.8 Å². The molecule has 128 valence electrons. The molecule has 0 aliphatic heterocycles. The van der Waals surface area contributed by atoms with Gasteiger partial charge in [-0.1, -0.05) is 24.6 Å². The van der Waals surface area contributed by atoms with E-state index >= 15 is 0 Å². The second-order valence-electron chi connectivity index (χ2n) is 5.20. The number of ether oxygens (including phenoxy) is 1. The highest BCUT2D eigenvalue weighted by molar-refractivity contribution is 7.92. The topological polar surface area (TPSA) is 98.5 Å². The van der Waals surface area contributed by atoms with Gasteiger partial charge in [-0.2, -0.15) is 0 Å². The van der Waals surface area contributed by atoms with Crippen molar-refractivity contribution in [1.82, 2.24) is 0 Å². The number of benzene rings is 2. The van der Waals surface area contributed by atoms with Gasteiger partial charge in [0.2, 0.25) is 0 Å². The van der Waals surface area contributed by atoms with Crippen LogP contribution in [0.2, 0.25) is 0 Å². The van der Waals surface area contributed by atoms with Gasteiger partial charge in [0, 0.05) is 0 Å². The maximum atomic E-state index is 12.4. The highest BCUT2D eigenvalue weighted by Crippen LogP contribution is 2.31. The van der Waals surface area contributed by atoms with E-state index in [1.165, 1.54) is 30.3 Å². The third-order valence-electron chi connectivity index (χ3n) is 3.21. The molecule has 0 aliphatic carbocycles. The average Bonchev–Trinajstić information content (AvgIpc) is 2.53. The number of rotatable bonds is 7. The SMILES string of the molecule is CCCOc1ccc(NS(=O)(=O)c2ccc(C)cc2)c([N+](=O)[O-])c1. The van der Waals surface area contributed by atoms with Crippen molar-refractivity contribution in [1.29, 1.82) is 0 Å². The van der Waals surface area contributed by atoms with Gasteiger partial charge in [0.25, 0.3) is 15.7 Å². The normalized spacial score (nSPS) is 11.1. The van der Waals surface area contributed by atoms with Crippen LogP contribution >= 0.6 is 0 Å². The second-order valence-corrected chi connectivity index (χ2v) is 6.89. The van der Waals surface area contributed by atoms with E-state index in [0.717, 1.165) is 12.0 Å². The van der Waals surface area contributed by atoms with Crippen LogP contribution in [-0.2, 0) is 10.0 Å². The molecule has 0 spiro atoms. The van der Waals surface area contributed by atoms with Gasteiger partial charge >= 0.3 is 0 Å². The van der Waals surface area contributed by atoms with Crippen LogP contribution in [0.5, 0.6) is 5.75 Å². The Bertz CT molecular complexity index is 832. The van der Waals surface area contributed by atoms with Gasteiger partial charge in [-0.3, -0.25) is 14.8 Å². The minimum atomic E-state index is -3.91. The molecular weight excluding hydrogens is 332 g/mol. The molecule has 0 aromatic heterocycles.